The Labute approximate surface area is 280 Å². The van der Waals surface area contributed by atoms with Gasteiger partial charge in [0.15, 0.2) is 0 Å². The molecule has 0 radical (unpaired) electrons. The maximum Gasteiger partial charge on any atom is 0.129 e. The lowest BCUT2D eigenvalue weighted by molar-refractivity contribution is 1.55. The molecule has 0 nitrogen and oxygen atoms in total. The normalized spacial score (nSPS) is 11.7. The van der Waals surface area contributed by atoms with Gasteiger partial charge in [-0.25, -0.2) is 0 Å². The van der Waals surface area contributed by atoms with Gasteiger partial charge in [-0.1, -0.05) is 111 Å². The molecule has 5 rings (SSSR count). The first-order valence-corrected chi connectivity index (χ1v) is 27.8. The predicted octanol–water partition coefficient (Wildman–Crippen LogP) is 12.7. The summed E-state index contributed by atoms with van der Waals surface area (Å²) in [5, 5.41) is 12.2. The van der Waals surface area contributed by atoms with Crippen molar-refractivity contribution in [3.05, 3.63) is 66.1 Å². The van der Waals surface area contributed by atoms with Gasteiger partial charge in [0.2, 0.25) is 0 Å². The van der Waals surface area contributed by atoms with Gasteiger partial charge in [-0.3, -0.25) is 0 Å². The van der Waals surface area contributed by atoms with Crippen LogP contribution in [0.15, 0.2) is 34.3 Å². The van der Waals surface area contributed by atoms with Crippen molar-refractivity contribution in [1.29, 1.82) is 0 Å². The van der Waals surface area contributed by atoms with E-state index in [1.54, 1.807) is 0 Å². The van der Waals surface area contributed by atoms with Gasteiger partial charge in [-0.15, -0.1) is 50.6 Å². The molecule has 0 saturated carbocycles. The molecule has 3 heterocycles. The van der Waals surface area contributed by atoms with Crippen molar-refractivity contribution in [2.24, 2.45) is 0 Å². The van der Waals surface area contributed by atoms with E-state index in [1.165, 1.54) is 30.3 Å². The molecule has 5 aromatic rings. The molecule has 0 amide bonds. The number of hydrogen-bond donors (Lipinski definition) is 0. The molecule has 0 aliphatic rings. The number of halogens is 3. The van der Waals surface area contributed by atoms with Crippen LogP contribution in [0.25, 0.3) is 30.3 Å². The van der Waals surface area contributed by atoms with Crippen LogP contribution >= 0.6 is 68.8 Å². The van der Waals surface area contributed by atoms with Gasteiger partial charge < -0.3 is 0 Å². The maximum absolute atomic E-state index is 6.66. The van der Waals surface area contributed by atoms with Gasteiger partial charge in [-0.2, -0.15) is 0 Å². The van der Waals surface area contributed by atoms with Crippen LogP contribution in [-0.4, -0.2) is 24.2 Å². The molecule has 0 saturated heterocycles. The van der Waals surface area contributed by atoms with Crippen LogP contribution in [0.2, 0.25) is 74.0 Å². The summed E-state index contributed by atoms with van der Waals surface area (Å²) in [6, 6.07) is 6.74. The minimum atomic E-state index is -1.60. The molecule has 216 valence electrons. The first-order valence-electron chi connectivity index (χ1n) is 13.5. The average Bonchev–Trinajstić information content (AvgIpc) is 3.61. The molecule has 0 atom stereocenters. The number of fused-ring (bicyclic) bond motifs is 6. The molecule has 0 aliphatic carbocycles. The van der Waals surface area contributed by atoms with Crippen molar-refractivity contribution in [2.45, 2.75) is 58.9 Å². The molecule has 0 aliphatic heterocycles. The fourth-order valence-corrected chi connectivity index (χ4v) is 9.33. The quantitative estimate of drug-likeness (QED) is 0.111. The topological polar surface area (TPSA) is 0 Å². The molecule has 0 fully saturated rings. The molecular weight excluding hydrogens is 683 g/mol. The van der Waals surface area contributed by atoms with E-state index >= 15 is 0 Å². The second-order valence-electron chi connectivity index (χ2n) is 13.1. The van der Waals surface area contributed by atoms with E-state index < -0.39 is 24.2 Å². The fraction of sp³-hybridized carbons (Fsp3) is 0.273. The zero-order valence-corrected chi connectivity index (χ0v) is 33.0. The summed E-state index contributed by atoms with van der Waals surface area (Å²) in [5.41, 5.74) is 11.8. The van der Waals surface area contributed by atoms with E-state index in [2.05, 4.69) is 128 Å². The Morgan fingerprint density at radius 1 is 0.452 bits per heavy atom. The van der Waals surface area contributed by atoms with Crippen LogP contribution in [0.3, 0.4) is 0 Å². The van der Waals surface area contributed by atoms with E-state index in [0.29, 0.717) is 31.8 Å². The third-order valence-electron chi connectivity index (χ3n) is 5.73. The third-order valence-corrected chi connectivity index (χ3v) is 12.3. The second-order valence-corrected chi connectivity index (χ2v) is 31.2. The van der Waals surface area contributed by atoms with Crippen LogP contribution in [0, 0.1) is 34.4 Å². The van der Waals surface area contributed by atoms with Crippen LogP contribution in [0.5, 0.6) is 0 Å². The molecule has 0 N–H and O–H groups in total. The lowest BCUT2D eigenvalue weighted by Gasteiger charge is -2.12. The Kier molecular flexibility index (Phi) is 10.2. The number of rotatable bonds is 0. The Balaban J connectivity index is 0.000000222. The standard InChI is InChI=1S/C21H27Cl3Si3.C12H6S3/c1-25(2,3)13-10-16-19(22)17(11-14-26(4,5)6)21(24)18(20(16)23)12-15-27(7,8)9;1-4-13-10-7(1)11-9(2-5-14-11)12-8(10)3-6-15-12/h1-9H3;1-6H. The smallest absolute Gasteiger partial charge is 0.129 e. The van der Waals surface area contributed by atoms with E-state index in [4.69, 9.17) is 34.8 Å². The highest BCUT2D eigenvalue weighted by molar-refractivity contribution is 7.25. The zero-order chi connectivity index (χ0) is 31.0. The van der Waals surface area contributed by atoms with E-state index in [-0.39, 0.29) is 0 Å². The van der Waals surface area contributed by atoms with Gasteiger partial charge in [0, 0.05) is 30.3 Å². The average molecular weight is 716 g/mol. The highest BCUT2D eigenvalue weighted by Crippen LogP contribution is 2.42. The van der Waals surface area contributed by atoms with Crippen molar-refractivity contribution >= 4 is 123 Å². The minimum absolute atomic E-state index is 0.431. The largest absolute Gasteiger partial charge is 0.143 e. The SMILES string of the molecule is C[Si](C)(C)C#Cc1c(Cl)c(C#C[Si](C)(C)C)c(Cl)c(C#C[Si](C)(C)C)c1Cl.c1cc2c(s1)c1ccsc1c1ccsc21. The third kappa shape index (κ3) is 7.96. The van der Waals surface area contributed by atoms with Crippen LogP contribution in [0.1, 0.15) is 16.7 Å². The van der Waals surface area contributed by atoms with Gasteiger partial charge in [0.05, 0.1) is 31.8 Å². The van der Waals surface area contributed by atoms with Gasteiger partial charge >= 0.3 is 0 Å². The summed E-state index contributed by atoms with van der Waals surface area (Å²) in [6.45, 7) is 19.6. The zero-order valence-electron chi connectivity index (χ0n) is 25.3. The van der Waals surface area contributed by atoms with E-state index in [0.717, 1.165) is 0 Å². The minimum Gasteiger partial charge on any atom is -0.143 e. The molecule has 0 spiro atoms. The Morgan fingerprint density at radius 3 is 0.905 bits per heavy atom. The summed E-state index contributed by atoms with van der Waals surface area (Å²) < 4.78 is 4.34. The second kappa shape index (κ2) is 12.9. The number of benzene rings is 2. The summed E-state index contributed by atoms with van der Waals surface area (Å²) in [6.07, 6.45) is 0. The predicted molar refractivity (Wildman–Crippen MR) is 205 cm³/mol. The van der Waals surface area contributed by atoms with Crippen LogP contribution in [-0.2, 0) is 0 Å². The molecule has 2 aromatic carbocycles. The van der Waals surface area contributed by atoms with E-state index in [1.807, 2.05) is 34.0 Å². The maximum atomic E-state index is 6.66. The summed E-state index contributed by atoms with van der Waals surface area (Å²) in [7, 11) is -4.80. The molecule has 0 unspecified atom stereocenters. The molecule has 0 bridgehead atoms. The van der Waals surface area contributed by atoms with E-state index in [9.17, 15) is 0 Å². The Morgan fingerprint density at radius 2 is 0.690 bits per heavy atom. The van der Waals surface area contributed by atoms with Crippen molar-refractivity contribution < 1.29 is 0 Å². The first-order chi connectivity index (χ1) is 19.5. The van der Waals surface area contributed by atoms with Gasteiger partial charge in [0.25, 0.3) is 0 Å². The molecule has 42 heavy (non-hydrogen) atoms. The highest BCUT2D eigenvalue weighted by Gasteiger charge is 2.21. The summed E-state index contributed by atoms with van der Waals surface area (Å²) in [5.74, 6) is 9.60. The van der Waals surface area contributed by atoms with Crippen LogP contribution < -0.4 is 0 Å². The van der Waals surface area contributed by atoms with Crippen molar-refractivity contribution in [3.8, 4) is 34.4 Å². The highest BCUT2D eigenvalue weighted by atomic mass is 35.5. The number of thiophene rings is 3. The van der Waals surface area contributed by atoms with Gasteiger partial charge in [0.1, 0.15) is 24.2 Å². The summed E-state index contributed by atoms with van der Waals surface area (Å²) in [4.78, 5) is 0. The first kappa shape index (κ1) is 33.4. The summed E-state index contributed by atoms with van der Waals surface area (Å²) >= 11 is 25.5. The van der Waals surface area contributed by atoms with Crippen LogP contribution in [0.4, 0.5) is 0 Å². The Bertz CT molecular complexity index is 1650. The fourth-order valence-electron chi connectivity index (χ4n) is 3.83. The van der Waals surface area contributed by atoms with Crippen molar-refractivity contribution in [3.63, 3.8) is 0 Å². The monoisotopic (exact) mass is 714 g/mol. The molecule has 9 heteroatoms. The molecular formula is C33H33Cl3S3Si3. The number of hydrogen-bond acceptors (Lipinski definition) is 3. The van der Waals surface area contributed by atoms with Crippen molar-refractivity contribution in [2.75, 3.05) is 0 Å². The van der Waals surface area contributed by atoms with Crippen molar-refractivity contribution in [1.82, 2.24) is 0 Å². The lowest BCUT2D eigenvalue weighted by atomic mass is 10.1. The lowest BCUT2D eigenvalue weighted by Crippen LogP contribution is -2.17. The molecule has 3 aromatic heterocycles. The van der Waals surface area contributed by atoms with Gasteiger partial charge in [-0.05, 0) is 34.3 Å². The Hall–Kier alpha value is -1.48.